The van der Waals surface area contributed by atoms with Crippen LogP contribution in [-0.4, -0.2) is 95.1 Å². The van der Waals surface area contributed by atoms with Gasteiger partial charge in [0.1, 0.15) is 23.7 Å². The average molecular weight is 769 g/mol. The highest BCUT2D eigenvalue weighted by Crippen LogP contribution is 2.49. The normalized spacial score (nSPS) is 20.6. The number of hydrogen-bond acceptors (Lipinski definition) is 11. The first-order valence-corrected chi connectivity index (χ1v) is 19.7. The minimum absolute atomic E-state index is 0.0144. The molecule has 298 valence electrons. The van der Waals surface area contributed by atoms with E-state index in [1.54, 1.807) is 18.2 Å². The summed E-state index contributed by atoms with van der Waals surface area (Å²) in [7, 11) is 1.60. The molecule has 8 rings (SSSR count). The third-order valence-corrected chi connectivity index (χ3v) is 11.9. The zero-order valence-corrected chi connectivity index (χ0v) is 33.1. The van der Waals surface area contributed by atoms with Crippen molar-refractivity contribution in [2.24, 2.45) is 5.41 Å². The van der Waals surface area contributed by atoms with E-state index in [2.05, 4.69) is 31.3 Å². The maximum atomic E-state index is 16.4. The van der Waals surface area contributed by atoms with E-state index in [4.69, 9.17) is 19.9 Å². The molecule has 1 amide bonds. The number of halogens is 1. The number of methoxy groups -OCH3 is 1. The smallest absolute Gasteiger partial charge is 0.410 e. The van der Waals surface area contributed by atoms with E-state index in [-0.39, 0.29) is 29.0 Å². The number of benzene rings is 1. The van der Waals surface area contributed by atoms with Crippen molar-refractivity contribution in [1.29, 1.82) is 0 Å². The Kier molecular flexibility index (Phi) is 9.96. The summed E-state index contributed by atoms with van der Waals surface area (Å²) < 4.78 is 35.9. The molecule has 1 spiro atoms. The van der Waals surface area contributed by atoms with Crippen molar-refractivity contribution in [3.63, 3.8) is 0 Å². The molecule has 7 heterocycles. The lowest BCUT2D eigenvalue weighted by atomic mass is 9.71. The zero-order chi connectivity index (χ0) is 39.4. The van der Waals surface area contributed by atoms with Crippen LogP contribution in [0.3, 0.4) is 0 Å². The molecule has 2 N–H and O–H groups in total. The number of carbonyl (C=O) groups excluding carboxylic acids is 1. The summed E-state index contributed by atoms with van der Waals surface area (Å²) in [6.07, 6.45) is 8.79. The fourth-order valence-electron chi connectivity index (χ4n) is 8.90. The molecule has 56 heavy (non-hydrogen) atoms. The first-order chi connectivity index (χ1) is 26.8. The second kappa shape index (κ2) is 14.8. The fraction of sp³-hybridized carbons (Fsp3) is 0.524. The van der Waals surface area contributed by atoms with Crippen molar-refractivity contribution in [1.82, 2.24) is 24.3 Å². The summed E-state index contributed by atoms with van der Waals surface area (Å²) in [5, 5.41) is 0.329. The Morgan fingerprint density at radius 2 is 1.88 bits per heavy atom. The highest BCUT2D eigenvalue weighted by Gasteiger charge is 2.48. The van der Waals surface area contributed by atoms with Crippen LogP contribution in [0, 0.1) is 11.2 Å². The largest absolute Gasteiger partial charge is 0.487 e. The summed E-state index contributed by atoms with van der Waals surface area (Å²) in [5.41, 5.74) is 8.83. The molecule has 4 aliphatic heterocycles. The van der Waals surface area contributed by atoms with Crippen molar-refractivity contribution in [3.05, 3.63) is 76.1 Å². The van der Waals surface area contributed by atoms with Crippen LogP contribution < -0.4 is 30.4 Å². The molecule has 3 aromatic heterocycles. The van der Waals surface area contributed by atoms with E-state index < -0.39 is 11.4 Å². The first-order valence-electron chi connectivity index (χ1n) is 19.7. The van der Waals surface area contributed by atoms with E-state index >= 15 is 4.39 Å². The molecule has 4 aliphatic rings. The number of rotatable bonds is 8. The van der Waals surface area contributed by atoms with Gasteiger partial charge in [-0.25, -0.2) is 19.2 Å². The predicted octanol–water partition coefficient (Wildman–Crippen LogP) is 5.98. The first kappa shape index (κ1) is 37.8. The van der Waals surface area contributed by atoms with Crippen LogP contribution >= 0.6 is 0 Å². The van der Waals surface area contributed by atoms with Crippen LogP contribution in [0.15, 0.2) is 53.7 Å². The standard InChI is InChI=1S/C42H53FN8O5/c1-27-24-55-39-36-32(18-33(43)37(39)50-25-42(26-50)11-15-47(16-12-42)40(53)56-41(2,3)4)38(52)29(22-51(27)36)21-49(20-28-10-13-45-35(17-28)54-5)31-7-6-14-48(23-31)30-8-9-34(44)46-19-30/h8-10,13,17-19,22,27,31H,6-7,11-12,14-16,20-21,23-26H2,1-5H3,(H2,44,46)/t27?,31-/m0/s1. The molecular formula is C42H53FN8O5. The van der Waals surface area contributed by atoms with Gasteiger partial charge in [-0.3, -0.25) is 9.69 Å². The summed E-state index contributed by atoms with van der Waals surface area (Å²) in [4.78, 5) is 44.3. The van der Waals surface area contributed by atoms with Crippen molar-refractivity contribution in [2.75, 3.05) is 68.5 Å². The highest BCUT2D eigenvalue weighted by molar-refractivity contribution is 5.92. The van der Waals surface area contributed by atoms with Gasteiger partial charge >= 0.3 is 6.09 Å². The number of piperidine rings is 2. The summed E-state index contributed by atoms with van der Waals surface area (Å²) in [6, 6.07) is 9.20. The van der Waals surface area contributed by atoms with Crippen LogP contribution in [0.2, 0.25) is 0 Å². The van der Waals surface area contributed by atoms with Gasteiger partial charge < -0.3 is 39.2 Å². The summed E-state index contributed by atoms with van der Waals surface area (Å²) in [5.74, 6) is 0.991. The van der Waals surface area contributed by atoms with Gasteiger partial charge in [-0.15, -0.1) is 0 Å². The lowest BCUT2D eigenvalue weighted by Crippen LogP contribution is -2.61. The minimum atomic E-state index is -0.546. The second-order valence-corrected chi connectivity index (χ2v) is 17.1. The average Bonchev–Trinajstić information content (AvgIpc) is 3.16. The van der Waals surface area contributed by atoms with E-state index in [9.17, 15) is 9.59 Å². The zero-order valence-electron chi connectivity index (χ0n) is 33.1. The molecule has 0 saturated carbocycles. The minimum Gasteiger partial charge on any atom is -0.487 e. The number of pyridine rings is 3. The van der Waals surface area contributed by atoms with Gasteiger partial charge in [-0.05, 0) is 83.2 Å². The van der Waals surface area contributed by atoms with Gasteiger partial charge in [-0.2, -0.15) is 0 Å². The fourth-order valence-corrected chi connectivity index (χ4v) is 8.90. The Morgan fingerprint density at radius 3 is 2.59 bits per heavy atom. The third kappa shape index (κ3) is 7.42. The monoisotopic (exact) mass is 768 g/mol. The van der Waals surface area contributed by atoms with Crippen LogP contribution in [0.4, 0.5) is 26.4 Å². The van der Waals surface area contributed by atoms with Gasteiger partial charge in [0, 0.05) is 87.8 Å². The van der Waals surface area contributed by atoms with Crippen molar-refractivity contribution in [3.8, 4) is 11.6 Å². The Morgan fingerprint density at radius 1 is 1.09 bits per heavy atom. The number of aromatic nitrogens is 3. The van der Waals surface area contributed by atoms with Crippen molar-refractivity contribution < 1.29 is 23.4 Å². The predicted molar refractivity (Wildman–Crippen MR) is 214 cm³/mol. The molecule has 1 unspecified atom stereocenters. The van der Waals surface area contributed by atoms with Gasteiger partial charge in [0.25, 0.3) is 0 Å². The number of carbonyl (C=O) groups is 1. The van der Waals surface area contributed by atoms with Gasteiger partial charge in [0.2, 0.25) is 5.88 Å². The summed E-state index contributed by atoms with van der Waals surface area (Å²) >= 11 is 0. The Balaban J connectivity index is 1.08. The van der Waals surface area contributed by atoms with E-state index in [1.807, 2.05) is 62.3 Å². The number of hydrogen-bond donors (Lipinski definition) is 1. The topological polar surface area (TPSA) is 132 Å². The molecule has 0 aliphatic carbocycles. The molecule has 13 nitrogen and oxygen atoms in total. The van der Waals surface area contributed by atoms with Crippen LogP contribution in [0.1, 0.15) is 70.5 Å². The number of ether oxygens (including phenoxy) is 3. The Labute approximate surface area is 327 Å². The maximum Gasteiger partial charge on any atom is 0.410 e. The summed E-state index contributed by atoms with van der Waals surface area (Å²) in [6.45, 7) is 13.2. The van der Waals surface area contributed by atoms with E-state index in [1.165, 1.54) is 6.07 Å². The molecular weight excluding hydrogens is 716 g/mol. The van der Waals surface area contributed by atoms with Crippen LogP contribution in [0.5, 0.6) is 11.6 Å². The number of nitrogens with two attached hydrogens (primary N) is 1. The molecule has 14 heteroatoms. The van der Waals surface area contributed by atoms with Gasteiger partial charge in [0.05, 0.1) is 35.9 Å². The third-order valence-electron chi connectivity index (χ3n) is 11.9. The second-order valence-electron chi connectivity index (χ2n) is 17.1. The van der Waals surface area contributed by atoms with Crippen LogP contribution in [-0.2, 0) is 17.8 Å². The molecule has 2 atom stereocenters. The molecule has 3 saturated heterocycles. The Hall–Kier alpha value is -5.11. The highest BCUT2D eigenvalue weighted by atomic mass is 19.1. The SMILES string of the molecule is COc1cc(CN(Cc2cn3c4c(c(N5CC6(CCN(C(=O)OC(C)(C)C)CC6)C5)c(F)cc4c2=O)OCC3C)[C@H]2CCCN(c3ccc(N)nc3)C2)ccn1. The Bertz CT molecular complexity index is 2160. The number of likely N-dealkylation sites (tertiary alicyclic amines) is 1. The van der Waals surface area contributed by atoms with E-state index in [0.29, 0.717) is 85.5 Å². The van der Waals surface area contributed by atoms with Crippen molar-refractivity contribution >= 4 is 34.2 Å². The van der Waals surface area contributed by atoms with Gasteiger partial charge in [-0.1, -0.05) is 0 Å². The van der Waals surface area contributed by atoms with Gasteiger partial charge in [0.15, 0.2) is 17.0 Å². The number of nitrogen functional groups attached to an aromatic ring is 1. The number of amides is 1. The van der Waals surface area contributed by atoms with Crippen LogP contribution in [0.25, 0.3) is 10.9 Å². The number of nitrogens with zero attached hydrogens (tertiary/aromatic N) is 7. The van der Waals surface area contributed by atoms with Crippen molar-refractivity contribution in [2.45, 2.75) is 84.2 Å². The number of anilines is 3. The molecule has 0 bridgehead atoms. The lowest BCUT2D eigenvalue weighted by Gasteiger charge is -2.55. The molecule has 3 fully saturated rings. The van der Waals surface area contributed by atoms with E-state index in [0.717, 1.165) is 50.0 Å². The quantitative estimate of drug-likeness (QED) is 0.227. The lowest BCUT2D eigenvalue weighted by molar-refractivity contribution is 0.00587. The molecule has 0 radical (unpaired) electrons. The maximum absolute atomic E-state index is 16.4. The molecule has 1 aromatic carbocycles. The molecule has 4 aromatic rings.